The van der Waals surface area contributed by atoms with Gasteiger partial charge < -0.3 is 10.5 Å². The summed E-state index contributed by atoms with van der Waals surface area (Å²) >= 11 is 5.81. The van der Waals surface area contributed by atoms with Crippen molar-refractivity contribution in [3.05, 3.63) is 64.4 Å². The van der Waals surface area contributed by atoms with Crippen LogP contribution in [0.15, 0.2) is 42.5 Å². The Morgan fingerprint density at radius 2 is 1.89 bits per heavy atom. The molecule has 2 aromatic carbocycles. The van der Waals surface area contributed by atoms with Crippen molar-refractivity contribution in [2.24, 2.45) is 0 Å². The zero-order valence-corrected chi connectivity index (χ0v) is 11.2. The highest BCUT2D eigenvalue weighted by Crippen LogP contribution is 2.16. The van der Waals surface area contributed by atoms with Gasteiger partial charge in [-0.05, 0) is 36.2 Å². The summed E-state index contributed by atoms with van der Waals surface area (Å²) in [4.78, 5) is 0. The fraction of sp³-hybridized carbons (Fsp3) is 0.200. The second-order valence-electron chi connectivity index (χ2n) is 4.24. The van der Waals surface area contributed by atoms with Crippen LogP contribution in [-0.2, 0) is 17.8 Å². The van der Waals surface area contributed by atoms with Gasteiger partial charge in [0.25, 0.3) is 0 Å². The highest BCUT2D eigenvalue weighted by Gasteiger charge is 2.03. The van der Waals surface area contributed by atoms with Crippen molar-refractivity contribution < 1.29 is 9.13 Å². The predicted molar refractivity (Wildman–Crippen MR) is 75.6 cm³/mol. The van der Waals surface area contributed by atoms with Crippen molar-refractivity contribution in [2.45, 2.75) is 13.0 Å². The van der Waals surface area contributed by atoms with E-state index in [1.54, 1.807) is 6.07 Å². The molecule has 0 aliphatic rings. The van der Waals surface area contributed by atoms with Gasteiger partial charge in [0.1, 0.15) is 5.82 Å². The summed E-state index contributed by atoms with van der Waals surface area (Å²) in [5, 5.41) is 0.507. The maximum Gasteiger partial charge on any atom is 0.128 e. The molecule has 4 heteroatoms. The van der Waals surface area contributed by atoms with Gasteiger partial charge in [-0.25, -0.2) is 4.39 Å². The molecule has 0 bridgehead atoms. The number of ether oxygens (including phenoxy) is 1. The minimum Gasteiger partial charge on any atom is -0.399 e. The smallest absolute Gasteiger partial charge is 0.128 e. The van der Waals surface area contributed by atoms with E-state index < -0.39 is 0 Å². The molecule has 0 radical (unpaired) electrons. The van der Waals surface area contributed by atoms with Crippen molar-refractivity contribution in [2.75, 3.05) is 12.3 Å². The Hall–Kier alpha value is -1.58. The fourth-order valence-electron chi connectivity index (χ4n) is 1.78. The van der Waals surface area contributed by atoms with E-state index in [2.05, 4.69) is 0 Å². The van der Waals surface area contributed by atoms with Crippen LogP contribution in [0.2, 0.25) is 5.02 Å². The van der Waals surface area contributed by atoms with E-state index in [4.69, 9.17) is 22.1 Å². The van der Waals surface area contributed by atoms with Gasteiger partial charge in [0.05, 0.1) is 13.2 Å². The predicted octanol–water partition coefficient (Wildman–Crippen LogP) is 3.82. The molecule has 2 nitrogen and oxygen atoms in total. The number of benzene rings is 2. The van der Waals surface area contributed by atoms with Gasteiger partial charge in [-0.15, -0.1) is 0 Å². The Balaban J connectivity index is 1.84. The summed E-state index contributed by atoms with van der Waals surface area (Å²) in [6.07, 6.45) is 0.703. The molecule has 0 heterocycles. The topological polar surface area (TPSA) is 35.2 Å². The Morgan fingerprint density at radius 1 is 1.11 bits per heavy atom. The van der Waals surface area contributed by atoms with Crippen molar-refractivity contribution in [1.29, 1.82) is 0 Å². The standard InChI is InChI=1S/C15H15ClFNO/c16-13-5-6-14(17)12(9-13)10-19-8-7-11-3-1-2-4-15(11)18/h1-6,9H,7-8,10,18H2. The van der Waals surface area contributed by atoms with Gasteiger partial charge >= 0.3 is 0 Å². The molecule has 0 aromatic heterocycles. The molecule has 0 atom stereocenters. The molecule has 2 aromatic rings. The van der Waals surface area contributed by atoms with Crippen LogP contribution in [-0.4, -0.2) is 6.61 Å². The van der Waals surface area contributed by atoms with E-state index in [-0.39, 0.29) is 12.4 Å². The van der Waals surface area contributed by atoms with E-state index in [0.717, 1.165) is 11.3 Å². The Labute approximate surface area is 117 Å². The third-order valence-electron chi connectivity index (χ3n) is 2.84. The first-order valence-corrected chi connectivity index (χ1v) is 6.39. The van der Waals surface area contributed by atoms with Gasteiger partial charge in [0, 0.05) is 16.3 Å². The molecular weight excluding hydrogens is 265 g/mol. The van der Waals surface area contributed by atoms with E-state index in [1.165, 1.54) is 12.1 Å². The first-order chi connectivity index (χ1) is 9.16. The van der Waals surface area contributed by atoms with Crippen LogP contribution >= 0.6 is 11.6 Å². The number of hydrogen-bond donors (Lipinski definition) is 1. The largest absolute Gasteiger partial charge is 0.399 e. The lowest BCUT2D eigenvalue weighted by Crippen LogP contribution is -2.02. The third-order valence-corrected chi connectivity index (χ3v) is 3.07. The highest BCUT2D eigenvalue weighted by molar-refractivity contribution is 6.30. The van der Waals surface area contributed by atoms with E-state index in [0.29, 0.717) is 23.6 Å². The zero-order chi connectivity index (χ0) is 13.7. The van der Waals surface area contributed by atoms with Crippen LogP contribution in [0, 0.1) is 5.82 Å². The van der Waals surface area contributed by atoms with Gasteiger partial charge in [-0.2, -0.15) is 0 Å². The molecule has 0 amide bonds. The second kappa shape index (κ2) is 6.55. The normalized spacial score (nSPS) is 10.6. The van der Waals surface area contributed by atoms with E-state index in [1.807, 2.05) is 24.3 Å². The number of anilines is 1. The lowest BCUT2D eigenvalue weighted by molar-refractivity contribution is 0.121. The summed E-state index contributed by atoms with van der Waals surface area (Å²) in [6.45, 7) is 0.694. The average Bonchev–Trinajstić information content (AvgIpc) is 2.40. The maximum absolute atomic E-state index is 13.4. The SMILES string of the molecule is Nc1ccccc1CCOCc1cc(Cl)ccc1F. The minimum absolute atomic E-state index is 0.207. The van der Waals surface area contributed by atoms with Crippen LogP contribution in [0.4, 0.5) is 10.1 Å². The fourth-order valence-corrected chi connectivity index (χ4v) is 1.97. The van der Waals surface area contributed by atoms with Gasteiger partial charge in [-0.1, -0.05) is 29.8 Å². The third kappa shape index (κ3) is 3.94. The first kappa shape index (κ1) is 13.8. The molecule has 0 saturated carbocycles. The summed E-state index contributed by atoms with van der Waals surface area (Å²) < 4.78 is 18.9. The van der Waals surface area contributed by atoms with Crippen LogP contribution in [0.25, 0.3) is 0 Å². The van der Waals surface area contributed by atoms with E-state index >= 15 is 0 Å². The number of rotatable bonds is 5. The molecule has 0 saturated heterocycles. The number of para-hydroxylation sites is 1. The number of nitrogens with two attached hydrogens (primary N) is 1. The Bertz CT molecular complexity index is 560. The molecular formula is C15H15ClFNO. The molecule has 0 aliphatic carbocycles. The van der Waals surface area contributed by atoms with Gasteiger partial charge in [0.2, 0.25) is 0 Å². The van der Waals surface area contributed by atoms with Crippen LogP contribution in [0.3, 0.4) is 0 Å². The molecule has 2 N–H and O–H groups in total. The van der Waals surface area contributed by atoms with Crippen LogP contribution in [0.5, 0.6) is 0 Å². The highest BCUT2D eigenvalue weighted by atomic mass is 35.5. The molecule has 2 rings (SSSR count). The number of hydrogen-bond acceptors (Lipinski definition) is 2. The summed E-state index contributed by atoms with van der Waals surface area (Å²) in [5.41, 5.74) is 8.08. The Morgan fingerprint density at radius 3 is 2.68 bits per heavy atom. The number of nitrogen functional groups attached to an aromatic ring is 1. The molecule has 100 valence electrons. The van der Waals surface area contributed by atoms with Crippen LogP contribution < -0.4 is 5.73 Å². The summed E-state index contributed by atoms with van der Waals surface area (Å²) in [5.74, 6) is -0.302. The second-order valence-corrected chi connectivity index (χ2v) is 4.67. The van der Waals surface area contributed by atoms with Crippen molar-refractivity contribution in [1.82, 2.24) is 0 Å². The van der Waals surface area contributed by atoms with Gasteiger partial charge in [0.15, 0.2) is 0 Å². The Kier molecular flexibility index (Phi) is 4.77. The number of halogens is 2. The summed E-state index contributed by atoms with van der Waals surface area (Å²) in [7, 11) is 0. The zero-order valence-electron chi connectivity index (χ0n) is 10.4. The molecule has 0 fully saturated rings. The van der Waals surface area contributed by atoms with Crippen molar-refractivity contribution >= 4 is 17.3 Å². The summed E-state index contributed by atoms with van der Waals surface area (Å²) in [6, 6.07) is 12.1. The average molecular weight is 280 g/mol. The van der Waals surface area contributed by atoms with Crippen LogP contribution in [0.1, 0.15) is 11.1 Å². The lowest BCUT2D eigenvalue weighted by Gasteiger charge is -2.07. The van der Waals surface area contributed by atoms with Crippen molar-refractivity contribution in [3.8, 4) is 0 Å². The maximum atomic E-state index is 13.4. The minimum atomic E-state index is -0.302. The van der Waals surface area contributed by atoms with Crippen molar-refractivity contribution in [3.63, 3.8) is 0 Å². The molecule has 19 heavy (non-hydrogen) atoms. The first-order valence-electron chi connectivity index (χ1n) is 6.02. The van der Waals surface area contributed by atoms with E-state index in [9.17, 15) is 4.39 Å². The molecule has 0 aliphatic heterocycles. The quantitative estimate of drug-likeness (QED) is 0.667. The van der Waals surface area contributed by atoms with Gasteiger partial charge in [-0.3, -0.25) is 0 Å². The lowest BCUT2D eigenvalue weighted by atomic mass is 10.1. The molecule has 0 spiro atoms. The monoisotopic (exact) mass is 279 g/mol. The molecule has 0 unspecified atom stereocenters.